The van der Waals surface area contributed by atoms with Crippen LogP contribution in [0.1, 0.15) is 49.5 Å². The number of nitrogens with one attached hydrogen (secondary N) is 1. The first kappa shape index (κ1) is 24.0. The summed E-state index contributed by atoms with van der Waals surface area (Å²) in [4.78, 5) is 30.8. The van der Waals surface area contributed by atoms with Gasteiger partial charge in [0.05, 0.1) is 25.1 Å². The minimum Gasteiger partial charge on any atom is -0.485 e. The van der Waals surface area contributed by atoms with Gasteiger partial charge in [0.2, 0.25) is 0 Å². The third-order valence-electron chi connectivity index (χ3n) is 6.19. The van der Waals surface area contributed by atoms with Gasteiger partial charge >= 0.3 is 6.09 Å². The van der Waals surface area contributed by atoms with E-state index in [9.17, 15) is 9.59 Å². The summed E-state index contributed by atoms with van der Waals surface area (Å²) in [5.74, 6) is 0.582. The normalized spacial score (nSPS) is 16.6. The number of rotatable bonds is 5. The molecule has 2 aliphatic rings. The lowest BCUT2D eigenvalue weighted by molar-refractivity contribution is 0.00944. The first-order valence-corrected chi connectivity index (χ1v) is 11.8. The van der Waals surface area contributed by atoms with E-state index in [-0.39, 0.29) is 36.2 Å². The van der Waals surface area contributed by atoms with Gasteiger partial charge in [0.25, 0.3) is 5.91 Å². The van der Waals surface area contributed by atoms with Crippen molar-refractivity contribution in [1.82, 2.24) is 15.2 Å². The Balaban J connectivity index is 1.37. The summed E-state index contributed by atoms with van der Waals surface area (Å²) >= 11 is 0. The van der Waals surface area contributed by atoms with Crippen molar-refractivity contribution in [2.75, 3.05) is 32.8 Å². The van der Waals surface area contributed by atoms with Crippen LogP contribution in [-0.2, 0) is 11.2 Å². The van der Waals surface area contributed by atoms with E-state index in [4.69, 9.17) is 14.6 Å². The van der Waals surface area contributed by atoms with Crippen LogP contribution in [-0.4, -0.2) is 65.4 Å². The molecule has 2 aromatic rings. The fourth-order valence-corrected chi connectivity index (χ4v) is 4.30. The topological polar surface area (TPSA) is 101 Å². The van der Waals surface area contributed by atoms with Gasteiger partial charge in [-0.1, -0.05) is 32.9 Å². The summed E-state index contributed by atoms with van der Waals surface area (Å²) in [6.45, 7) is 7.88. The Morgan fingerprint density at radius 2 is 1.91 bits per heavy atom. The van der Waals surface area contributed by atoms with Gasteiger partial charge in [0.1, 0.15) is 11.4 Å². The third kappa shape index (κ3) is 5.50. The molecule has 0 radical (unpaired) electrons. The van der Waals surface area contributed by atoms with Crippen molar-refractivity contribution in [3.05, 3.63) is 47.7 Å². The highest BCUT2D eigenvalue weighted by molar-refractivity contribution is 5.94. The highest BCUT2D eigenvalue weighted by Gasteiger charge is 2.43. The largest absolute Gasteiger partial charge is 0.485 e. The van der Waals surface area contributed by atoms with E-state index in [1.54, 1.807) is 23.2 Å². The van der Waals surface area contributed by atoms with Crippen LogP contribution in [0.15, 0.2) is 36.5 Å². The molecule has 0 bridgehead atoms. The number of hydrogen-bond donors (Lipinski definition) is 2. The highest BCUT2D eigenvalue weighted by Crippen LogP contribution is 2.42. The quantitative estimate of drug-likeness (QED) is 0.699. The Labute approximate surface area is 200 Å². The van der Waals surface area contributed by atoms with Gasteiger partial charge in [0.15, 0.2) is 0 Å². The van der Waals surface area contributed by atoms with Crippen LogP contribution >= 0.6 is 0 Å². The number of benzene rings is 1. The number of aliphatic hydroxyl groups is 1. The van der Waals surface area contributed by atoms with Gasteiger partial charge in [-0.15, -0.1) is 0 Å². The number of carbonyl (C=O) groups is 2. The molecule has 1 saturated heterocycles. The van der Waals surface area contributed by atoms with E-state index in [0.717, 1.165) is 41.8 Å². The second-order valence-electron chi connectivity index (χ2n) is 10.3. The summed E-state index contributed by atoms with van der Waals surface area (Å²) in [6, 6.07) is 9.30. The summed E-state index contributed by atoms with van der Waals surface area (Å²) in [5, 5.41) is 11.5. The van der Waals surface area contributed by atoms with Gasteiger partial charge in [-0.2, -0.15) is 0 Å². The second-order valence-corrected chi connectivity index (χ2v) is 10.3. The molecule has 2 N–H and O–H groups in total. The number of amides is 2. The zero-order valence-corrected chi connectivity index (χ0v) is 20.1. The van der Waals surface area contributed by atoms with Crippen molar-refractivity contribution in [2.45, 2.75) is 45.6 Å². The average molecular weight is 468 g/mol. The smallest absolute Gasteiger partial charge is 0.409 e. The minimum absolute atomic E-state index is 0.0553. The predicted molar refractivity (Wildman–Crippen MR) is 128 cm³/mol. The number of likely N-dealkylation sites (tertiary alicyclic amines) is 1. The van der Waals surface area contributed by atoms with Crippen LogP contribution in [0.25, 0.3) is 11.3 Å². The van der Waals surface area contributed by atoms with Crippen molar-refractivity contribution in [3.8, 4) is 17.0 Å². The summed E-state index contributed by atoms with van der Waals surface area (Å²) in [5.41, 5.74) is 3.02. The number of hydrogen-bond acceptors (Lipinski definition) is 6. The Morgan fingerprint density at radius 1 is 1.21 bits per heavy atom. The number of piperidine rings is 1. The standard InChI is InChI=1S/C26H33N3O5/c1-25(2,3)17-33-24(32)29-11-8-26(9-12-29)15-20-14-21(28-16-22(20)34-26)18-4-6-19(7-5-18)23(31)27-10-13-30/h4-7,14,16,30H,8-13,15,17H2,1-3H3,(H,27,31). The zero-order chi connectivity index (χ0) is 24.3. The second kappa shape index (κ2) is 9.62. The molecule has 2 aliphatic heterocycles. The number of pyridine rings is 1. The van der Waals surface area contributed by atoms with Gasteiger partial charge in [-0.05, 0) is 23.6 Å². The van der Waals surface area contributed by atoms with Crippen LogP contribution in [0, 0.1) is 5.41 Å². The molecule has 0 aliphatic carbocycles. The van der Waals surface area contributed by atoms with Crippen molar-refractivity contribution < 1.29 is 24.2 Å². The van der Waals surface area contributed by atoms with E-state index >= 15 is 0 Å². The number of aliphatic hydroxyl groups excluding tert-OH is 1. The summed E-state index contributed by atoms with van der Waals surface area (Å²) in [6.07, 6.45) is 3.80. The maximum atomic E-state index is 12.4. The molecule has 0 unspecified atom stereocenters. The van der Waals surface area contributed by atoms with Crippen molar-refractivity contribution in [1.29, 1.82) is 0 Å². The average Bonchev–Trinajstić information content (AvgIpc) is 3.17. The van der Waals surface area contributed by atoms with Gasteiger partial charge in [0, 0.05) is 55.6 Å². The summed E-state index contributed by atoms with van der Waals surface area (Å²) in [7, 11) is 0. The lowest BCUT2D eigenvalue weighted by Crippen LogP contribution is -2.49. The lowest BCUT2D eigenvalue weighted by atomic mass is 9.87. The molecule has 8 nitrogen and oxygen atoms in total. The van der Waals surface area contributed by atoms with E-state index < -0.39 is 0 Å². The van der Waals surface area contributed by atoms with Crippen LogP contribution in [0.4, 0.5) is 4.79 Å². The number of fused-ring (bicyclic) bond motifs is 1. The molecule has 3 heterocycles. The third-order valence-corrected chi connectivity index (χ3v) is 6.19. The minimum atomic E-state index is -0.307. The molecule has 0 saturated carbocycles. The van der Waals surface area contributed by atoms with Gasteiger partial charge in [-0.3, -0.25) is 9.78 Å². The Bertz CT molecular complexity index is 1040. The van der Waals surface area contributed by atoms with E-state index in [2.05, 4.69) is 16.4 Å². The molecule has 0 atom stereocenters. The van der Waals surface area contributed by atoms with Crippen LogP contribution in [0.2, 0.25) is 0 Å². The van der Waals surface area contributed by atoms with Crippen molar-refractivity contribution >= 4 is 12.0 Å². The fraction of sp³-hybridized carbons (Fsp3) is 0.500. The van der Waals surface area contributed by atoms with E-state index in [1.165, 1.54) is 0 Å². The number of carbonyl (C=O) groups excluding carboxylic acids is 2. The predicted octanol–water partition coefficient (Wildman–Crippen LogP) is 3.42. The molecular weight excluding hydrogens is 434 g/mol. The molecule has 8 heteroatoms. The molecule has 4 rings (SSSR count). The van der Waals surface area contributed by atoms with Gasteiger partial charge in [-0.25, -0.2) is 4.79 Å². The molecule has 1 aromatic carbocycles. The Hall–Kier alpha value is -3.13. The number of aromatic nitrogens is 1. The first-order valence-electron chi connectivity index (χ1n) is 11.8. The SMILES string of the molecule is CC(C)(C)COC(=O)N1CCC2(CC1)Cc1cc(-c3ccc(C(=O)NCCO)cc3)ncc1O2. The van der Waals surface area contributed by atoms with Gasteiger partial charge < -0.3 is 24.8 Å². The molecule has 2 amide bonds. The number of nitrogens with zero attached hydrogens (tertiary/aromatic N) is 2. The maximum Gasteiger partial charge on any atom is 0.409 e. The molecule has 1 aromatic heterocycles. The highest BCUT2D eigenvalue weighted by atomic mass is 16.6. The Kier molecular flexibility index (Phi) is 6.79. The molecule has 1 fully saturated rings. The molecule has 182 valence electrons. The Morgan fingerprint density at radius 3 is 2.56 bits per heavy atom. The zero-order valence-electron chi connectivity index (χ0n) is 20.1. The molecular formula is C26H33N3O5. The molecule has 34 heavy (non-hydrogen) atoms. The van der Waals surface area contributed by atoms with Crippen molar-refractivity contribution in [2.24, 2.45) is 5.41 Å². The van der Waals surface area contributed by atoms with Crippen LogP contribution < -0.4 is 10.1 Å². The summed E-state index contributed by atoms with van der Waals surface area (Å²) < 4.78 is 11.8. The molecule has 1 spiro atoms. The van der Waals surface area contributed by atoms with E-state index in [0.29, 0.717) is 25.3 Å². The van der Waals surface area contributed by atoms with Crippen LogP contribution in [0.5, 0.6) is 5.75 Å². The van der Waals surface area contributed by atoms with Crippen molar-refractivity contribution in [3.63, 3.8) is 0 Å². The maximum absolute atomic E-state index is 12.4. The first-order chi connectivity index (χ1) is 16.2. The fourth-order valence-electron chi connectivity index (χ4n) is 4.30. The monoisotopic (exact) mass is 467 g/mol. The number of ether oxygens (including phenoxy) is 2. The lowest BCUT2D eigenvalue weighted by Gasteiger charge is -2.38. The van der Waals surface area contributed by atoms with E-state index in [1.807, 2.05) is 32.9 Å². The van der Waals surface area contributed by atoms with Crippen LogP contribution in [0.3, 0.4) is 0 Å².